The molecule has 27 heavy (non-hydrogen) atoms. The quantitative estimate of drug-likeness (QED) is 0.470. The van der Waals surface area contributed by atoms with Gasteiger partial charge in [-0.15, -0.1) is 0 Å². The van der Waals surface area contributed by atoms with Crippen molar-refractivity contribution in [2.45, 2.75) is 113 Å². The van der Waals surface area contributed by atoms with E-state index in [0.717, 1.165) is 24.7 Å². The predicted octanol–water partition coefficient (Wildman–Crippen LogP) is 7.26. The van der Waals surface area contributed by atoms with Gasteiger partial charge in [-0.05, 0) is 88.4 Å². The van der Waals surface area contributed by atoms with Crippen LogP contribution in [0, 0.1) is 39.9 Å². The predicted molar refractivity (Wildman–Crippen MR) is 115 cm³/mol. The first-order valence-electron chi connectivity index (χ1n) is 11.3. The molecule has 3 fully saturated rings. The van der Waals surface area contributed by atoms with Crippen LogP contribution < -0.4 is 0 Å². The Balaban J connectivity index is 2.22. The summed E-state index contributed by atoms with van der Waals surface area (Å²) >= 11 is 0. The van der Waals surface area contributed by atoms with Crippen LogP contribution in [0.2, 0.25) is 0 Å². The van der Waals surface area contributed by atoms with Gasteiger partial charge in [-0.3, -0.25) is 4.79 Å². The number of rotatable bonds is 5. The van der Waals surface area contributed by atoms with Gasteiger partial charge >= 0.3 is 5.97 Å². The molecule has 3 atom stereocenters. The summed E-state index contributed by atoms with van der Waals surface area (Å²) in [6.45, 7) is 22.2. The molecular formula is C25H46O2. The minimum atomic E-state index is -0.444. The van der Waals surface area contributed by atoms with Crippen LogP contribution in [0.3, 0.4) is 0 Å². The molecule has 3 aliphatic carbocycles. The lowest BCUT2D eigenvalue weighted by atomic mass is 9.56. The molecule has 0 aromatic heterocycles. The minimum absolute atomic E-state index is 0.000140. The van der Waals surface area contributed by atoms with Crippen LogP contribution >= 0.6 is 0 Å². The molecule has 0 saturated heterocycles. The first kappa shape index (κ1) is 22.8. The smallest absolute Gasteiger partial charge is 0.312 e. The average Bonchev–Trinajstić information content (AvgIpc) is 2.39. The van der Waals surface area contributed by atoms with E-state index in [2.05, 4.69) is 69.2 Å². The standard InChI is InChI=1S/C25H46O2/c1-17(2)25(10,16-22(4,5)6)21(26)27-23(7,8)24(9)14-18(3)11-19-12-20(13-19)15-24/h17-20H,11-16H2,1-10H3. The monoisotopic (exact) mass is 378 g/mol. The summed E-state index contributed by atoms with van der Waals surface area (Å²) in [6.07, 6.45) is 7.34. The van der Waals surface area contributed by atoms with Crippen LogP contribution in [0.25, 0.3) is 0 Å². The summed E-state index contributed by atoms with van der Waals surface area (Å²) in [7, 11) is 0. The number of hydrogen-bond acceptors (Lipinski definition) is 2. The maximum Gasteiger partial charge on any atom is 0.312 e. The molecule has 2 bridgehead atoms. The first-order chi connectivity index (χ1) is 12.1. The van der Waals surface area contributed by atoms with Gasteiger partial charge < -0.3 is 4.74 Å². The lowest BCUT2D eigenvalue weighted by Gasteiger charge is -2.53. The van der Waals surface area contributed by atoms with Crippen LogP contribution in [0.15, 0.2) is 0 Å². The highest BCUT2D eigenvalue weighted by molar-refractivity contribution is 5.77. The number of carbonyl (C=O) groups is 1. The van der Waals surface area contributed by atoms with Crippen LogP contribution in [-0.4, -0.2) is 11.6 Å². The van der Waals surface area contributed by atoms with Gasteiger partial charge in [-0.2, -0.15) is 0 Å². The van der Waals surface area contributed by atoms with E-state index >= 15 is 0 Å². The topological polar surface area (TPSA) is 26.3 Å². The molecule has 0 amide bonds. The van der Waals surface area contributed by atoms with Gasteiger partial charge in [0.15, 0.2) is 0 Å². The summed E-state index contributed by atoms with van der Waals surface area (Å²) in [6, 6.07) is 0. The van der Waals surface area contributed by atoms with Crippen LogP contribution in [-0.2, 0) is 9.53 Å². The lowest BCUT2D eigenvalue weighted by Crippen LogP contribution is -2.52. The molecule has 0 spiro atoms. The zero-order valence-electron chi connectivity index (χ0n) is 19.9. The fraction of sp³-hybridized carbons (Fsp3) is 0.960. The number of hydrogen-bond donors (Lipinski definition) is 0. The maximum atomic E-state index is 13.5. The first-order valence-corrected chi connectivity index (χ1v) is 11.3. The highest BCUT2D eigenvalue weighted by atomic mass is 16.6. The number of esters is 1. The highest BCUT2D eigenvalue weighted by Crippen LogP contribution is 2.55. The molecule has 3 unspecified atom stereocenters. The number of carbonyl (C=O) groups excluding carboxylic acids is 1. The lowest BCUT2D eigenvalue weighted by molar-refractivity contribution is -0.192. The molecule has 0 heterocycles. The van der Waals surface area contributed by atoms with E-state index in [9.17, 15) is 4.79 Å². The Kier molecular flexibility index (Phi) is 6.22. The number of fused-ring (bicyclic) bond motifs is 4. The van der Waals surface area contributed by atoms with Gasteiger partial charge in [-0.1, -0.05) is 48.5 Å². The largest absolute Gasteiger partial charge is 0.459 e. The molecule has 3 aliphatic rings. The van der Waals surface area contributed by atoms with E-state index in [4.69, 9.17) is 4.74 Å². The van der Waals surface area contributed by atoms with Crippen molar-refractivity contribution in [1.29, 1.82) is 0 Å². The van der Waals surface area contributed by atoms with Gasteiger partial charge in [0, 0.05) is 5.41 Å². The molecule has 0 N–H and O–H groups in total. The van der Waals surface area contributed by atoms with E-state index < -0.39 is 11.0 Å². The normalized spacial score (nSPS) is 34.3. The van der Waals surface area contributed by atoms with E-state index in [1.165, 1.54) is 25.7 Å². The molecule has 0 aliphatic heterocycles. The zero-order valence-corrected chi connectivity index (χ0v) is 19.9. The molecular weight excluding hydrogens is 332 g/mol. The van der Waals surface area contributed by atoms with Crippen molar-refractivity contribution < 1.29 is 9.53 Å². The highest BCUT2D eigenvalue weighted by Gasteiger charge is 2.52. The van der Waals surface area contributed by atoms with Crippen molar-refractivity contribution in [3.63, 3.8) is 0 Å². The van der Waals surface area contributed by atoms with Crippen molar-refractivity contribution in [2.75, 3.05) is 0 Å². The molecule has 0 aromatic rings. The third-order valence-electron chi connectivity index (χ3n) is 8.05. The van der Waals surface area contributed by atoms with Crippen LogP contribution in [0.1, 0.15) is 108 Å². The molecule has 3 rings (SSSR count). The Bertz CT molecular complexity index is 531. The van der Waals surface area contributed by atoms with E-state index in [-0.39, 0.29) is 22.7 Å². The Labute approximate surface area is 169 Å². The van der Waals surface area contributed by atoms with E-state index in [0.29, 0.717) is 5.92 Å². The fourth-order valence-electron chi connectivity index (χ4n) is 5.95. The van der Waals surface area contributed by atoms with E-state index in [1.807, 2.05) is 0 Å². The summed E-state index contributed by atoms with van der Waals surface area (Å²) in [5.74, 6) is 2.76. The molecule has 158 valence electrons. The Morgan fingerprint density at radius 1 is 1.00 bits per heavy atom. The van der Waals surface area contributed by atoms with Crippen molar-refractivity contribution in [1.82, 2.24) is 0 Å². The van der Waals surface area contributed by atoms with Gasteiger partial charge in [-0.25, -0.2) is 0 Å². The summed E-state index contributed by atoms with van der Waals surface area (Å²) in [4.78, 5) is 13.5. The van der Waals surface area contributed by atoms with Crippen LogP contribution in [0.4, 0.5) is 0 Å². The summed E-state index contributed by atoms with van der Waals surface area (Å²) in [5.41, 5.74) is -0.727. The maximum absolute atomic E-state index is 13.5. The Hall–Kier alpha value is -0.530. The zero-order chi connectivity index (χ0) is 20.8. The molecule has 0 aromatic carbocycles. The summed E-state index contributed by atoms with van der Waals surface area (Å²) < 4.78 is 6.42. The second-order valence-corrected chi connectivity index (χ2v) is 12.7. The van der Waals surface area contributed by atoms with Gasteiger partial charge in [0.25, 0.3) is 0 Å². The van der Waals surface area contributed by atoms with Gasteiger partial charge in [0.05, 0.1) is 5.41 Å². The van der Waals surface area contributed by atoms with Crippen molar-refractivity contribution in [2.24, 2.45) is 39.9 Å². The molecule has 2 nitrogen and oxygen atoms in total. The van der Waals surface area contributed by atoms with Crippen LogP contribution in [0.5, 0.6) is 0 Å². The fourth-order valence-corrected chi connectivity index (χ4v) is 5.95. The van der Waals surface area contributed by atoms with Crippen molar-refractivity contribution in [3.05, 3.63) is 0 Å². The average molecular weight is 379 g/mol. The Morgan fingerprint density at radius 2 is 1.56 bits per heavy atom. The Morgan fingerprint density at radius 3 is 2.04 bits per heavy atom. The molecule has 0 radical (unpaired) electrons. The van der Waals surface area contributed by atoms with E-state index in [1.54, 1.807) is 0 Å². The third-order valence-corrected chi connectivity index (χ3v) is 8.05. The number of ether oxygens (including phenoxy) is 1. The summed E-state index contributed by atoms with van der Waals surface area (Å²) in [5, 5.41) is 0. The SMILES string of the molecule is CC1CC2CC(C2)CC(C)(C(C)(C)OC(=O)C(C)(CC(C)(C)C)C(C)C)C1. The molecule has 2 heteroatoms. The second-order valence-electron chi connectivity index (χ2n) is 12.7. The van der Waals surface area contributed by atoms with Gasteiger partial charge in [0.2, 0.25) is 0 Å². The third kappa shape index (κ3) is 4.91. The van der Waals surface area contributed by atoms with Crippen molar-refractivity contribution in [3.8, 4) is 0 Å². The molecule has 3 saturated carbocycles. The van der Waals surface area contributed by atoms with Gasteiger partial charge in [0.1, 0.15) is 5.60 Å². The second kappa shape index (κ2) is 7.38. The minimum Gasteiger partial charge on any atom is -0.459 e. The van der Waals surface area contributed by atoms with Crippen molar-refractivity contribution >= 4 is 5.97 Å².